The first-order valence-electron chi connectivity index (χ1n) is 9.39. The van der Waals surface area contributed by atoms with E-state index in [4.69, 9.17) is 9.47 Å². The summed E-state index contributed by atoms with van der Waals surface area (Å²) in [6.45, 7) is 8.46. The lowest BCUT2D eigenvalue weighted by atomic mass is 9.97. The topological polar surface area (TPSA) is 35.5 Å². The molecule has 3 aromatic rings. The molecule has 0 saturated heterocycles. The van der Waals surface area contributed by atoms with E-state index in [0.717, 1.165) is 6.42 Å². The van der Waals surface area contributed by atoms with Crippen LogP contribution in [0.15, 0.2) is 67.3 Å². The van der Waals surface area contributed by atoms with Gasteiger partial charge in [0.25, 0.3) is 0 Å². The molecule has 0 radical (unpaired) electrons. The maximum atomic E-state index is 11.6. The average molecular weight is 362 g/mol. The molecule has 0 aliphatic heterocycles. The third-order valence-corrected chi connectivity index (χ3v) is 5.17. The van der Waals surface area contributed by atoms with Gasteiger partial charge in [0.15, 0.2) is 0 Å². The van der Waals surface area contributed by atoms with Crippen molar-refractivity contribution in [2.24, 2.45) is 0 Å². The van der Waals surface area contributed by atoms with Crippen LogP contribution in [-0.2, 0) is 20.9 Å². The molecule has 1 atom stereocenters. The number of hydrogen-bond acceptors (Lipinski definition) is 3. The van der Waals surface area contributed by atoms with Gasteiger partial charge in [-0.2, -0.15) is 0 Å². The summed E-state index contributed by atoms with van der Waals surface area (Å²) < 4.78 is 11.5. The SMILES string of the molecule is C=CC(=O)OC(C)(CC)CCOCc1c2ccccc2cc2ccccc12. The number of hydrogen-bond donors (Lipinski definition) is 0. The molecular formula is C24H26O3. The minimum Gasteiger partial charge on any atom is -0.456 e. The zero-order valence-corrected chi connectivity index (χ0v) is 16.0. The van der Waals surface area contributed by atoms with Crippen LogP contribution in [0.3, 0.4) is 0 Å². The molecule has 0 bridgehead atoms. The monoisotopic (exact) mass is 362 g/mol. The summed E-state index contributed by atoms with van der Waals surface area (Å²) in [6, 6.07) is 19.0. The van der Waals surface area contributed by atoms with Gasteiger partial charge in [-0.15, -0.1) is 0 Å². The van der Waals surface area contributed by atoms with Crippen molar-refractivity contribution in [2.45, 2.75) is 38.9 Å². The van der Waals surface area contributed by atoms with Crippen molar-refractivity contribution in [1.29, 1.82) is 0 Å². The second-order valence-electron chi connectivity index (χ2n) is 7.03. The predicted octanol–water partition coefficient (Wildman–Crippen LogP) is 5.80. The number of benzene rings is 3. The normalized spacial score (nSPS) is 13.4. The van der Waals surface area contributed by atoms with Crippen molar-refractivity contribution in [1.82, 2.24) is 0 Å². The number of carbonyl (C=O) groups excluding carboxylic acids is 1. The Hall–Kier alpha value is -2.65. The molecule has 0 fully saturated rings. The minimum atomic E-state index is -0.536. The van der Waals surface area contributed by atoms with Crippen LogP contribution >= 0.6 is 0 Å². The maximum Gasteiger partial charge on any atom is 0.330 e. The molecule has 1 unspecified atom stereocenters. The van der Waals surface area contributed by atoms with Gasteiger partial charge in [0, 0.05) is 12.5 Å². The van der Waals surface area contributed by atoms with Crippen LogP contribution in [-0.4, -0.2) is 18.2 Å². The molecule has 27 heavy (non-hydrogen) atoms. The van der Waals surface area contributed by atoms with Crippen molar-refractivity contribution in [3.8, 4) is 0 Å². The second-order valence-corrected chi connectivity index (χ2v) is 7.03. The molecule has 0 heterocycles. The molecule has 0 saturated carbocycles. The molecule has 0 aliphatic rings. The zero-order valence-electron chi connectivity index (χ0n) is 16.0. The number of rotatable bonds is 8. The Labute approximate surface area is 160 Å². The quantitative estimate of drug-likeness (QED) is 0.220. The Morgan fingerprint density at radius 1 is 1.07 bits per heavy atom. The Morgan fingerprint density at radius 3 is 2.22 bits per heavy atom. The Balaban J connectivity index is 1.76. The lowest BCUT2D eigenvalue weighted by Crippen LogP contribution is -2.31. The molecule has 0 spiro atoms. The Kier molecular flexibility index (Phi) is 5.92. The smallest absolute Gasteiger partial charge is 0.330 e. The highest BCUT2D eigenvalue weighted by Crippen LogP contribution is 2.29. The van der Waals surface area contributed by atoms with Gasteiger partial charge < -0.3 is 9.47 Å². The van der Waals surface area contributed by atoms with E-state index >= 15 is 0 Å². The number of esters is 1. The van der Waals surface area contributed by atoms with Crippen LogP contribution in [0.1, 0.15) is 32.3 Å². The lowest BCUT2D eigenvalue weighted by molar-refractivity contribution is -0.154. The average Bonchev–Trinajstić information content (AvgIpc) is 2.70. The molecule has 3 aromatic carbocycles. The first-order valence-corrected chi connectivity index (χ1v) is 9.39. The third-order valence-electron chi connectivity index (χ3n) is 5.17. The van der Waals surface area contributed by atoms with E-state index in [2.05, 4.69) is 61.2 Å². The van der Waals surface area contributed by atoms with Gasteiger partial charge in [-0.05, 0) is 46.5 Å². The largest absolute Gasteiger partial charge is 0.456 e. The summed E-state index contributed by atoms with van der Waals surface area (Å²) in [5.74, 6) is -0.389. The Morgan fingerprint density at radius 2 is 1.67 bits per heavy atom. The van der Waals surface area contributed by atoms with Crippen molar-refractivity contribution in [2.75, 3.05) is 6.61 Å². The molecule has 0 N–H and O–H groups in total. The molecule has 0 aliphatic carbocycles. The molecule has 3 rings (SSSR count). The van der Waals surface area contributed by atoms with Gasteiger partial charge >= 0.3 is 5.97 Å². The zero-order chi connectivity index (χ0) is 19.3. The summed E-state index contributed by atoms with van der Waals surface area (Å²) in [7, 11) is 0. The van der Waals surface area contributed by atoms with Crippen LogP contribution in [0.2, 0.25) is 0 Å². The van der Waals surface area contributed by atoms with Gasteiger partial charge in [0.05, 0.1) is 13.2 Å². The van der Waals surface area contributed by atoms with Crippen molar-refractivity contribution < 1.29 is 14.3 Å². The predicted molar refractivity (Wildman–Crippen MR) is 111 cm³/mol. The number of carbonyl (C=O) groups is 1. The van der Waals surface area contributed by atoms with Gasteiger partial charge in [-0.3, -0.25) is 0 Å². The number of ether oxygens (including phenoxy) is 2. The van der Waals surface area contributed by atoms with Crippen molar-refractivity contribution >= 4 is 27.5 Å². The van der Waals surface area contributed by atoms with E-state index in [0.29, 0.717) is 19.6 Å². The standard InChI is InChI=1S/C24H26O3/c1-4-23(25)27-24(3,5-2)14-15-26-17-22-20-12-8-6-10-18(20)16-19-11-7-9-13-21(19)22/h4,6-13,16H,1,5,14-15,17H2,2-3H3. The van der Waals surface area contributed by atoms with Crippen molar-refractivity contribution in [3.05, 3.63) is 72.8 Å². The summed E-state index contributed by atoms with van der Waals surface area (Å²) >= 11 is 0. The lowest BCUT2D eigenvalue weighted by Gasteiger charge is -2.27. The van der Waals surface area contributed by atoms with E-state index in [9.17, 15) is 4.79 Å². The molecular weight excluding hydrogens is 336 g/mol. The number of fused-ring (bicyclic) bond motifs is 2. The highest BCUT2D eigenvalue weighted by atomic mass is 16.6. The molecule has 140 valence electrons. The van der Waals surface area contributed by atoms with Crippen molar-refractivity contribution in [3.63, 3.8) is 0 Å². The van der Waals surface area contributed by atoms with E-state index < -0.39 is 5.60 Å². The Bertz CT molecular complexity index is 906. The fraction of sp³-hybridized carbons (Fsp3) is 0.292. The van der Waals surface area contributed by atoms with Crippen LogP contribution in [0.4, 0.5) is 0 Å². The summed E-state index contributed by atoms with van der Waals surface area (Å²) in [6.07, 6.45) is 2.58. The van der Waals surface area contributed by atoms with Crippen LogP contribution in [0.25, 0.3) is 21.5 Å². The van der Waals surface area contributed by atoms with E-state index in [1.807, 2.05) is 13.8 Å². The van der Waals surface area contributed by atoms with E-state index in [1.54, 1.807) is 0 Å². The maximum absolute atomic E-state index is 11.6. The van der Waals surface area contributed by atoms with Gasteiger partial charge in [0.1, 0.15) is 5.60 Å². The van der Waals surface area contributed by atoms with Gasteiger partial charge in [-0.1, -0.05) is 62.0 Å². The fourth-order valence-electron chi connectivity index (χ4n) is 3.31. The van der Waals surface area contributed by atoms with Gasteiger partial charge in [0.2, 0.25) is 0 Å². The van der Waals surface area contributed by atoms with Crippen LogP contribution < -0.4 is 0 Å². The molecule has 3 nitrogen and oxygen atoms in total. The first-order chi connectivity index (χ1) is 13.1. The highest BCUT2D eigenvalue weighted by Gasteiger charge is 2.25. The first kappa shape index (κ1) is 19.1. The van der Waals surface area contributed by atoms with E-state index in [-0.39, 0.29) is 5.97 Å². The van der Waals surface area contributed by atoms with Crippen LogP contribution in [0, 0.1) is 0 Å². The molecule has 0 amide bonds. The van der Waals surface area contributed by atoms with Gasteiger partial charge in [-0.25, -0.2) is 4.79 Å². The molecule has 3 heteroatoms. The van der Waals surface area contributed by atoms with E-state index in [1.165, 1.54) is 33.2 Å². The fourth-order valence-corrected chi connectivity index (χ4v) is 3.31. The second kappa shape index (κ2) is 8.36. The summed E-state index contributed by atoms with van der Waals surface area (Å²) in [5, 5.41) is 4.86. The minimum absolute atomic E-state index is 0.389. The van der Waals surface area contributed by atoms with Crippen LogP contribution in [0.5, 0.6) is 0 Å². The summed E-state index contributed by atoms with van der Waals surface area (Å²) in [5.41, 5.74) is 0.663. The highest BCUT2D eigenvalue weighted by molar-refractivity contribution is 6.02. The molecule has 0 aromatic heterocycles. The third kappa shape index (κ3) is 4.37. The summed E-state index contributed by atoms with van der Waals surface area (Å²) in [4.78, 5) is 11.6.